The Bertz CT molecular complexity index is 808. The molecular formula is C14H11ClFN5. The molecule has 0 bridgehead atoms. The summed E-state index contributed by atoms with van der Waals surface area (Å²) >= 11 is 6.06. The van der Waals surface area contributed by atoms with E-state index < -0.39 is 5.82 Å². The van der Waals surface area contributed by atoms with Crippen molar-refractivity contribution in [1.82, 2.24) is 9.97 Å². The largest absolute Gasteiger partial charge is 0.338 e. The SMILES string of the molecule is NNc1nc(Nc2cc(F)ccc2Cl)c2ccccc2n1. The number of rotatable bonds is 3. The number of fused-ring (bicyclic) bond motifs is 1. The van der Waals surface area contributed by atoms with E-state index >= 15 is 0 Å². The standard InChI is InChI=1S/C14H11ClFN5/c15-10-6-5-8(16)7-12(10)18-13-9-3-1-2-4-11(9)19-14(20-13)21-17/h1-7H,17H2,(H2,18,19,20,21). The third-order valence-electron chi connectivity index (χ3n) is 2.91. The summed E-state index contributed by atoms with van der Waals surface area (Å²) in [6.45, 7) is 0. The molecule has 0 spiro atoms. The van der Waals surface area contributed by atoms with Crippen LogP contribution in [0.15, 0.2) is 42.5 Å². The molecule has 4 N–H and O–H groups in total. The van der Waals surface area contributed by atoms with Gasteiger partial charge in [-0.15, -0.1) is 0 Å². The van der Waals surface area contributed by atoms with Gasteiger partial charge in [-0.2, -0.15) is 4.98 Å². The Morgan fingerprint density at radius 1 is 1.10 bits per heavy atom. The second-order valence-corrected chi connectivity index (χ2v) is 4.71. The number of hydrogen-bond acceptors (Lipinski definition) is 5. The third kappa shape index (κ3) is 2.72. The van der Waals surface area contributed by atoms with E-state index in [2.05, 4.69) is 20.7 Å². The minimum absolute atomic E-state index is 0.253. The highest BCUT2D eigenvalue weighted by atomic mass is 35.5. The Kier molecular flexibility index (Phi) is 3.55. The van der Waals surface area contributed by atoms with Crippen LogP contribution in [0, 0.1) is 5.82 Å². The molecule has 0 amide bonds. The van der Waals surface area contributed by atoms with Gasteiger partial charge in [0.2, 0.25) is 5.95 Å². The summed E-state index contributed by atoms with van der Waals surface area (Å²) in [7, 11) is 0. The number of anilines is 3. The van der Waals surface area contributed by atoms with Crippen LogP contribution < -0.4 is 16.6 Å². The lowest BCUT2D eigenvalue weighted by atomic mass is 10.2. The summed E-state index contributed by atoms with van der Waals surface area (Å²) in [6, 6.07) is 11.5. The number of nitrogen functional groups attached to an aromatic ring is 1. The second kappa shape index (κ2) is 5.51. The van der Waals surface area contributed by atoms with Crippen molar-refractivity contribution in [3.63, 3.8) is 0 Å². The number of nitrogens with zero attached hydrogens (tertiary/aromatic N) is 2. The summed E-state index contributed by atoms with van der Waals surface area (Å²) in [5.74, 6) is 5.72. The van der Waals surface area contributed by atoms with Gasteiger partial charge < -0.3 is 5.32 Å². The van der Waals surface area contributed by atoms with Gasteiger partial charge in [0.15, 0.2) is 0 Å². The van der Waals surface area contributed by atoms with Crippen LogP contribution in [0.5, 0.6) is 0 Å². The van der Waals surface area contributed by atoms with E-state index in [9.17, 15) is 4.39 Å². The molecule has 0 saturated heterocycles. The van der Waals surface area contributed by atoms with Crippen LogP contribution in [0.2, 0.25) is 5.02 Å². The fraction of sp³-hybridized carbons (Fsp3) is 0. The zero-order chi connectivity index (χ0) is 14.8. The fourth-order valence-corrected chi connectivity index (χ4v) is 2.12. The monoisotopic (exact) mass is 303 g/mol. The average Bonchev–Trinajstić information content (AvgIpc) is 2.50. The van der Waals surface area contributed by atoms with Crippen LogP contribution >= 0.6 is 11.6 Å². The van der Waals surface area contributed by atoms with Crippen molar-refractivity contribution in [2.24, 2.45) is 5.84 Å². The van der Waals surface area contributed by atoms with E-state index in [0.717, 1.165) is 5.39 Å². The number of nitrogens with two attached hydrogens (primary N) is 1. The molecule has 0 aliphatic rings. The first-order valence-corrected chi connectivity index (χ1v) is 6.50. The number of hydrogen-bond donors (Lipinski definition) is 3. The Labute approximate surface area is 124 Å². The second-order valence-electron chi connectivity index (χ2n) is 4.31. The summed E-state index contributed by atoms with van der Waals surface area (Å²) in [5, 5.41) is 4.18. The summed E-state index contributed by atoms with van der Waals surface area (Å²) < 4.78 is 13.3. The highest BCUT2D eigenvalue weighted by Crippen LogP contribution is 2.29. The van der Waals surface area contributed by atoms with E-state index in [1.54, 1.807) is 0 Å². The van der Waals surface area contributed by atoms with Crippen LogP contribution in [-0.4, -0.2) is 9.97 Å². The van der Waals surface area contributed by atoms with Crippen molar-refractivity contribution >= 4 is 40.0 Å². The molecule has 1 heterocycles. The van der Waals surface area contributed by atoms with Gasteiger partial charge in [0.05, 0.1) is 16.2 Å². The lowest BCUT2D eigenvalue weighted by Crippen LogP contribution is -2.11. The molecule has 0 fully saturated rings. The predicted octanol–water partition coefficient (Wildman–Crippen LogP) is 3.45. The van der Waals surface area contributed by atoms with E-state index in [4.69, 9.17) is 17.4 Å². The fourth-order valence-electron chi connectivity index (χ4n) is 1.96. The van der Waals surface area contributed by atoms with E-state index in [-0.39, 0.29) is 5.95 Å². The van der Waals surface area contributed by atoms with Crippen molar-refractivity contribution < 1.29 is 4.39 Å². The van der Waals surface area contributed by atoms with Crippen LogP contribution in [0.1, 0.15) is 0 Å². The maximum absolute atomic E-state index is 13.3. The molecule has 5 nitrogen and oxygen atoms in total. The molecule has 0 saturated carbocycles. The average molecular weight is 304 g/mol. The molecular weight excluding hydrogens is 293 g/mol. The Morgan fingerprint density at radius 3 is 2.71 bits per heavy atom. The number of hydrazine groups is 1. The van der Waals surface area contributed by atoms with Gasteiger partial charge in [0, 0.05) is 5.39 Å². The molecule has 0 radical (unpaired) electrons. The Hall–Kier alpha value is -2.44. The molecule has 3 rings (SSSR count). The minimum atomic E-state index is -0.391. The van der Waals surface area contributed by atoms with Crippen molar-refractivity contribution in [2.75, 3.05) is 10.7 Å². The predicted molar refractivity (Wildman–Crippen MR) is 82.0 cm³/mol. The molecule has 0 aliphatic heterocycles. The van der Waals surface area contributed by atoms with Crippen molar-refractivity contribution in [3.05, 3.63) is 53.3 Å². The molecule has 7 heteroatoms. The van der Waals surface area contributed by atoms with Gasteiger partial charge in [0.1, 0.15) is 11.6 Å². The Morgan fingerprint density at radius 2 is 1.90 bits per heavy atom. The van der Waals surface area contributed by atoms with E-state index in [1.807, 2.05) is 24.3 Å². The Balaban J connectivity index is 2.13. The van der Waals surface area contributed by atoms with Gasteiger partial charge in [0.25, 0.3) is 0 Å². The zero-order valence-electron chi connectivity index (χ0n) is 10.8. The minimum Gasteiger partial charge on any atom is -0.338 e. The quantitative estimate of drug-likeness (QED) is 0.510. The van der Waals surface area contributed by atoms with Gasteiger partial charge in [-0.1, -0.05) is 23.7 Å². The molecule has 0 unspecified atom stereocenters. The maximum Gasteiger partial charge on any atom is 0.239 e. The number of benzene rings is 2. The van der Waals surface area contributed by atoms with E-state index in [0.29, 0.717) is 22.0 Å². The van der Waals surface area contributed by atoms with Crippen LogP contribution in [0.25, 0.3) is 10.9 Å². The summed E-state index contributed by atoms with van der Waals surface area (Å²) in [6.07, 6.45) is 0. The summed E-state index contributed by atoms with van der Waals surface area (Å²) in [5.41, 5.74) is 3.53. The smallest absolute Gasteiger partial charge is 0.239 e. The highest BCUT2D eigenvalue weighted by molar-refractivity contribution is 6.33. The van der Waals surface area contributed by atoms with Gasteiger partial charge in [-0.25, -0.2) is 15.2 Å². The van der Waals surface area contributed by atoms with E-state index in [1.165, 1.54) is 18.2 Å². The van der Waals surface area contributed by atoms with Gasteiger partial charge in [-0.05, 0) is 30.3 Å². The maximum atomic E-state index is 13.3. The van der Waals surface area contributed by atoms with Gasteiger partial charge >= 0.3 is 0 Å². The summed E-state index contributed by atoms with van der Waals surface area (Å²) in [4.78, 5) is 8.49. The van der Waals surface area contributed by atoms with Crippen LogP contribution in [0.3, 0.4) is 0 Å². The number of nitrogens with one attached hydrogen (secondary N) is 2. The zero-order valence-corrected chi connectivity index (χ0v) is 11.5. The first-order chi connectivity index (χ1) is 10.2. The lowest BCUT2D eigenvalue weighted by molar-refractivity contribution is 0.628. The highest BCUT2D eigenvalue weighted by Gasteiger charge is 2.09. The first kappa shape index (κ1) is 13.5. The number of aromatic nitrogens is 2. The van der Waals surface area contributed by atoms with Crippen molar-refractivity contribution in [2.45, 2.75) is 0 Å². The lowest BCUT2D eigenvalue weighted by Gasteiger charge is -2.11. The molecule has 21 heavy (non-hydrogen) atoms. The molecule has 0 atom stereocenters. The third-order valence-corrected chi connectivity index (χ3v) is 3.24. The van der Waals surface area contributed by atoms with Crippen molar-refractivity contribution in [1.29, 1.82) is 0 Å². The van der Waals surface area contributed by atoms with Gasteiger partial charge in [-0.3, -0.25) is 5.43 Å². The normalized spacial score (nSPS) is 10.6. The molecule has 106 valence electrons. The number of para-hydroxylation sites is 1. The van der Waals surface area contributed by atoms with Crippen LogP contribution in [0.4, 0.5) is 21.8 Å². The number of halogens is 2. The molecule has 2 aromatic carbocycles. The first-order valence-electron chi connectivity index (χ1n) is 6.13. The van der Waals surface area contributed by atoms with Crippen LogP contribution in [-0.2, 0) is 0 Å². The molecule has 3 aromatic rings. The van der Waals surface area contributed by atoms with Crippen molar-refractivity contribution in [3.8, 4) is 0 Å². The molecule has 1 aromatic heterocycles. The topological polar surface area (TPSA) is 75.9 Å². The molecule has 0 aliphatic carbocycles.